The maximum atomic E-state index is 12.3. The highest BCUT2D eigenvalue weighted by atomic mass is 32.1. The van der Waals surface area contributed by atoms with Crippen LogP contribution < -0.4 is 5.32 Å². The lowest BCUT2D eigenvalue weighted by molar-refractivity contribution is -0.117. The van der Waals surface area contributed by atoms with E-state index in [9.17, 15) is 4.79 Å². The van der Waals surface area contributed by atoms with Gasteiger partial charge in [-0.3, -0.25) is 15.0 Å². The Morgan fingerprint density at radius 2 is 2.08 bits per heavy atom. The SMILES string of the molecule is CCN(CC(=O)Nc1cc(-c2ccc(C)cc2)no1)Cc1cccs1. The van der Waals surface area contributed by atoms with Crippen LogP contribution in [0.1, 0.15) is 17.4 Å². The molecule has 5 nitrogen and oxygen atoms in total. The maximum absolute atomic E-state index is 12.3. The van der Waals surface area contributed by atoms with Gasteiger partial charge in [0.1, 0.15) is 5.69 Å². The van der Waals surface area contributed by atoms with Crippen molar-refractivity contribution in [2.75, 3.05) is 18.4 Å². The monoisotopic (exact) mass is 355 g/mol. The number of nitrogens with zero attached hydrogens (tertiary/aromatic N) is 2. The summed E-state index contributed by atoms with van der Waals surface area (Å²) in [5.74, 6) is 0.262. The lowest BCUT2D eigenvalue weighted by Crippen LogP contribution is -2.32. The number of amides is 1. The third-order valence-electron chi connectivity index (χ3n) is 3.89. The molecule has 6 heteroatoms. The Kier molecular flexibility index (Phi) is 5.63. The van der Waals surface area contributed by atoms with Crippen molar-refractivity contribution in [1.82, 2.24) is 10.1 Å². The Labute approximate surface area is 151 Å². The van der Waals surface area contributed by atoms with Gasteiger partial charge in [0, 0.05) is 23.1 Å². The molecule has 0 aliphatic carbocycles. The van der Waals surface area contributed by atoms with Gasteiger partial charge in [-0.1, -0.05) is 48.0 Å². The molecule has 0 saturated heterocycles. The summed E-state index contributed by atoms with van der Waals surface area (Å²) in [6, 6.07) is 13.9. The normalized spacial score (nSPS) is 11.0. The van der Waals surface area contributed by atoms with Gasteiger partial charge in [0.15, 0.2) is 0 Å². The largest absolute Gasteiger partial charge is 0.338 e. The standard InChI is InChI=1S/C19H21N3O2S/c1-3-22(12-16-5-4-10-25-16)13-18(23)20-19-11-17(21-24-19)15-8-6-14(2)7-9-15/h4-11H,3,12-13H2,1-2H3,(H,20,23). The minimum absolute atomic E-state index is 0.106. The Morgan fingerprint density at radius 1 is 1.28 bits per heavy atom. The van der Waals surface area contributed by atoms with Crippen molar-refractivity contribution in [3.8, 4) is 11.3 Å². The van der Waals surface area contributed by atoms with Gasteiger partial charge < -0.3 is 4.52 Å². The highest BCUT2D eigenvalue weighted by Crippen LogP contribution is 2.22. The number of hydrogen-bond donors (Lipinski definition) is 1. The second kappa shape index (κ2) is 8.09. The molecule has 3 rings (SSSR count). The minimum atomic E-state index is -0.106. The van der Waals surface area contributed by atoms with Crippen molar-refractivity contribution in [2.24, 2.45) is 0 Å². The lowest BCUT2D eigenvalue weighted by Gasteiger charge is -2.18. The van der Waals surface area contributed by atoms with E-state index in [1.54, 1.807) is 17.4 Å². The molecular formula is C19H21N3O2S. The number of likely N-dealkylation sites (N-methyl/N-ethyl adjacent to an activating group) is 1. The fourth-order valence-corrected chi connectivity index (χ4v) is 3.22. The first-order valence-electron chi connectivity index (χ1n) is 8.22. The molecule has 2 aromatic heterocycles. The van der Waals surface area contributed by atoms with Crippen molar-refractivity contribution in [2.45, 2.75) is 20.4 Å². The fraction of sp³-hybridized carbons (Fsp3) is 0.263. The lowest BCUT2D eigenvalue weighted by atomic mass is 10.1. The molecule has 130 valence electrons. The molecule has 0 aliphatic rings. The van der Waals surface area contributed by atoms with Crippen LogP contribution in [-0.4, -0.2) is 29.1 Å². The van der Waals surface area contributed by atoms with E-state index in [1.165, 1.54) is 10.4 Å². The summed E-state index contributed by atoms with van der Waals surface area (Å²) in [5.41, 5.74) is 2.86. The first kappa shape index (κ1) is 17.4. The third kappa shape index (κ3) is 4.78. The van der Waals surface area contributed by atoms with Gasteiger partial charge in [0.2, 0.25) is 11.8 Å². The van der Waals surface area contributed by atoms with Gasteiger partial charge in [-0.15, -0.1) is 11.3 Å². The van der Waals surface area contributed by atoms with E-state index in [0.717, 1.165) is 18.7 Å². The maximum Gasteiger partial charge on any atom is 0.240 e. The number of nitrogens with one attached hydrogen (secondary N) is 1. The Morgan fingerprint density at radius 3 is 2.76 bits per heavy atom. The molecule has 25 heavy (non-hydrogen) atoms. The number of carbonyl (C=O) groups excluding carboxylic acids is 1. The summed E-state index contributed by atoms with van der Waals surface area (Å²) in [6.07, 6.45) is 0. The summed E-state index contributed by atoms with van der Waals surface area (Å²) in [5, 5.41) is 8.86. The zero-order valence-corrected chi connectivity index (χ0v) is 15.2. The van der Waals surface area contributed by atoms with Gasteiger partial charge >= 0.3 is 0 Å². The van der Waals surface area contributed by atoms with E-state index in [2.05, 4.69) is 21.4 Å². The molecule has 0 unspecified atom stereocenters. The van der Waals surface area contributed by atoms with E-state index >= 15 is 0 Å². The summed E-state index contributed by atoms with van der Waals surface area (Å²) in [4.78, 5) is 15.6. The van der Waals surface area contributed by atoms with Crippen LogP contribution in [0.4, 0.5) is 5.88 Å². The van der Waals surface area contributed by atoms with Gasteiger partial charge in [-0.05, 0) is 24.9 Å². The van der Waals surface area contributed by atoms with Crippen molar-refractivity contribution < 1.29 is 9.32 Å². The molecule has 1 N–H and O–H groups in total. The average molecular weight is 355 g/mol. The van der Waals surface area contributed by atoms with Crippen molar-refractivity contribution in [3.63, 3.8) is 0 Å². The van der Waals surface area contributed by atoms with E-state index in [0.29, 0.717) is 18.1 Å². The van der Waals surface area contributed by atoms with Gasteiger partial charge in [-0.25, -0.2) is 0 Å². The number of hydrogen-bond acceptors (Lipinski definition) is 5. The van der Waals surface area contributed by atoms with Crippen LogP contribution in [-0.2, 0) is 11.3 Å². The summed E-state index contributed by atoms with van der Waals surface area (Å²) in [7, 11) is 0. The second-order valence-electron chi connectivity index (χ2n) is 5.87. The fourth-order valence-electron chi connectivity index (χ4n) is 2.48. The Hall–Kier alpha value is -2.44. The molecular weight excluding hydrogens is 334 g/mol. The van der Waals surface area contributed by atoms with Crippen LogP contribution >= 0.6 is 11.3 Å². The number of carbonyl (C=O) groups is 1. The molecule has 0 spiro atoms. The number of anilines is 1. The molecule has 0 fully saturated rings. The van der Waals surface area contributed by atoms with E-state index in [1.807, 2.05) is 49.6 Å². The number of rotatable bonds is 7. The quantitative estimate of drug-likeness (QED) is 0.691. The van der Waals surface area contributed by atoms with Crippen LogP contribution in [0.25, 0.3) is 11.3 Å². The van der Waals surface area contributed by atoms with Crippen molar-refractivity contribution in [3.05, 3.63) is 58.3 Å². The molecule has 1 aromatic carbocycles. The second-order valence-corrected chi connectivity index (χ2v) is 6.91. The number of thiophene rings is 1. The van der Waals surface area contributed by atoms with Crippen LogP contribution in [0.15, 0.2) is 52.4 Å². The van der Waals surface area contributed by atoms with E-state index < -0.39 is 0 Å². The topological polar surface area (TPSA) is 58.4 Å². The molecule has 0 aliphatic heterocycles. The number of benzene rings is 1. The predicted octanol–water partition coefficient (Wildman–Crippen LogP) is 4.17. The van der Waals surface area contributed by atoms with Gasteiger partial charge in [-0.2, -0.15) is 0 Å². The molecule has 3 aromatic rings. The van der Waals surface area contributed by atoms with Crippen LogP contribution in [0.3, 0.4) is 0 Å². The van der Waals surface area contributed by atoms with Crippen molar-refractivity contribution >= 4 is 23.1 Å². The summed E-state index contributed by atoms with van der Waals surface area (Å²) in [6.45, 7) is 5.97. The Balaban J connectivity index is 1.58. The summed E-state index contributed by atoms with van der Waals surface area (Å²) >= 11 is 1.70. The Bertz CT molecular complexity index is 810. The van der Waals surface area contributed by atoms with Crippen LogP contribution in [0, 0.1) is 6.92 Å². The molecule has 0 atom stereocenters. The first-order valence-corrected chi connectivity index (χ1v) is 9.10. The molecule has 2 heterocycles. The average Bonchev–Trinajstić information content (AvgIpc) is 3.27. The van der Waals surface area contributed by atoms with Crippen LogP contribution in [0.2, 0.25) is 0 Å². The zero-order valence-electron chi connectivity index (χ0n) is 14.4. The zero-order chi connectivity index (χ0) is 17.6. The van der Waals surface area contributed by atoms with Gasteiger partial charge in [0.05, 0.1) is 6.54 Å². The number of aromatic nitrogens is 1. The predicted molar refractivity (Wildman–Crippen MR) is 101 cm³/mol. The smallest absolute Gasteiger partial charge is 0.240 e. The molecule has 0 bridgehead atoms. The minimum Gasteiger partial charge on any atom is -0.338 e. The number of aryl methyl sites for hydroxylation is 1. The first-order chi connectivity index (χ1) is 12.1. The summed E-state index contributed by atoms with van der Waals surface area (Å²) < 4.78 is 5.24. The van der Waals surface area contributed by atoms with Gasteiger partial charge in [0.25, 0.3) is 0 Å². The third-order valence-corrected chi connectivity index (χ3v) is 4.76. The molecule has 1 amide bonds. The van der Waals surface area contributed by atoms with Crippen LogP contribution in [0.5, 0.6) is 0 Å². The highest BCUT2D eigenvalue weighted by molar-refractivity contribution is 7.09. The molecule has 0 radical (unpaired) electrons. The van der Waals surface area contributed by atoms with E-state index in [-0.39, 0.29) is 5.91 Å². The van der Waals surface area contributed by atoms with E-state index in [4.69, 9.17) is 4.52 Å². The highest BCUT2D eigenvalue weighted by Gasteiger charge is 2.13. The van der Waals surface area contributed by atoms with Crippen molar-refractivity contribution in [1.29, 1.82) is 0 Å². The molecule has 0 saturated carbocycles.